The Balaban J connectivity index is 1.59. The lowest BCUT2D eigenvalue weighted by molar-refractivity contribution is -0.117. The number of aromatic nitrogens is 4. The number of hydrogen-bond acceptors (Lipinski definition) is 4. The van der Waals surface area contributed by atoms with Gasteiger partial charge in [0.2, 0.25) is 5.91 Å². The average molecular weight is 373 g/mol. The van der Waals surface area contributed by atoms with Crippen molar-refractivity contribution in [3.63, 3.8) is 0 Å². The molecule has 0 aliphatic carbocycles. The zero-order valence-corrected chi connectivity index (χ0v) is 15.4. The molecule has 0 bridgehead atoms. The standard InChI is InChI=1S/C21H19N5O2/c1-2-15-8-10-16(11-9-15)18-12-19-21(28)25(22-14-26(19)24-18)13-20(27)23-17-6-4-3-5-7-17/h3-12,14H,2,13H2,1H3,(H,23,27). The highest BCUT2D eigenvalue weighted by atomic mass is 16.2. The summed E-state index contributed by atoms with van der Waals surface area (Å²) >= 11 is 0. The van der Waals surface area contributed by atoms with Crippen molar-refractivity contribution in [2.75, 3.05) is 5.32 Å². The first kappa shape index (κ1) is 17.7. The lowest BCUT2D eigenvalue weighted by atomic mass is 10.1. The highest BCUT2D eigenvalue weighted by Gasteiger charge is 2.12. The van der Waals surface area contributed by atoms with Crippen molar-refractivity contribution in [3.8, 4) is 11.3 Å². The molecule has 0 unspecified atom stereocenters. The van der Waals surface area contributed by atoms with E-state index in [1.54, 1.807) is 18.2 Å². The van der Waals surface area contributed by atoms with Crippen LogP contribution in [0.5, 0.6) is 0 Å². The molecule has 0 spiro atoms. The summed E-state index contributed by atoms with van der Waals surface area (Å²) in [5.74, 6) is -0.319. The summed E-state index contributed by atoms with van der Waals surface area (Å²) in [4.78, 5) is 24.9. The van der Waals surface area contributed by atoms with Gasteiger partial charge < -0.3 is 5.32 Å². The molecule has 0 fully saturated rings. The molecule has 4 rings (SSSR count). The summed E-state index contributed by atoms with van der Waals surface area (Å²) in [5, 5.41) is 11.2. The van der Waals surface area contributed by atoms with Crippen LogP contribution in [0.1, 0.15) is 12.5 Å². The van der Waals surface area contributed by atoms with E-state index in [9.17, 15) is 9.59 Å². The number of hydrogen-bond donors (Lipinski definition) is 1. The van der Waals surface area contributed by atoms with Crippen LogP contribution in [0.4, 0.5) is 5.69 Å². The highest BCUT2D eigenvalue weighted by Crippen LogP contribution is 2.19. The molecule has 7 nitrogen and oxygen atoms in total. The van der Waals surface area contributed by atoms with Gasteiger partial charge in [-0.15, -0.1) is 0 Å². The topological polar surface area (TPSA) is 81.3 Å². The summed E-state index contributed by atoms with van der Waals surface area (Å²) < 4.78 is 2.58. The Morgan fingerprint density at radius 3 is 2.54 bits per heavy atom. The quantitative estimate of drug-likeness (QED) is 0.583. The highest BCUT2D eigenvalue weighted by molar-refractivity contribution is 5.90. The van der Waals surface area contributed by atoms with E-state index in [0.29, 0.717) is 16.9 Å². The van der Waals surface area contributed by atoms with Gasteiger partial charge in [-0.3, -0.25) is 9.59 Å². The minimum Gasteiger partial charge on any atom is -0.324 e. The molecule has 0 aliphatic heterocycles. The number of carbonyl (C=O) groups is 1. The number of para-hydroxylation sites is 1. The van der Waals surface area contributed by atoms with Gasteiger partial charge >= 0.3 is 0 Å². The Morgan fingerprint density at radius 1 is 1.07 bits per heavy atom. The van der Waals surface area contributed by atoms with E-state index in [-0.39, 0.29) is 18.0 Å². The Morgan fingerprint density at radius 2 is 1.82 bits per heavy atom. The van der Waals surface area contributed by atoms with Crippen LogP contribution >= 0.6 is 0 Å². The van der Waals surface area contributed by atoms with E-state index >= 15 is 0 Å². The second-order valence-electron chi connectivity index (χ2n) is 6.42. The second-order valence-corrected chi connectivity index (χ2v) is 6.42. The van der Waals surface area contributed by atoms with Crippen molar-refractivity contribution in [2.45, 2.75) is 19.9 Å². The maximum Gasteiger partial charge on any atom is 0.293 e. The van der Waals surface area contributed by atoms with Gasteiger partial charge in [-0.2, -0.15) is 10.2 Å². The molecule has 0 atom stereocenters. The molecule has 2 aromatic heterocycles. The van der Waals surface area contributed by atoms with Gasteiger partial charge in [0.25, 0.3) is 5.56 Å². The first-order valence-electron chi connectivity index (χ1n) is 9.04. The number of benzene rings is 2. The average Bonchev–Trinajstić information content (AvgIpc) is 3.16. The van der Waals surface area contributed by atoms with Crippen LogP contribution in [0.3, 0.4) is 0 Å². The van der Waals surface area contributed by atoms with E-state index in [0.717, 1.165) is 16.7 Å². The van der Waals surface area contributed by atoms with E-state index in [2.05, 4.69) is 22.4 Å². The number of amides is 1. The maximum absolute atomic E-state index is 12.7. The monoisotopic (exact) mass is 373 g/mol. The van der Waals surface area contributed by atoms with Gasteiger partial charge in [0.05, 0.1) is 5.69 Å². The molecule has 7 heteroatoms. The zero-order valence-electron chi connectivity index (χ0n) is 15.4. The number of rotatable bonds is 5. The number of nitrogens with zero attached hydrogens (tertiary/aromatic N) is 4. The number of fused-ring (bicyclic) bond motifs is 1. The zero-order chi connectivity index (χ0) is 19.5. The Bertz CT molecular complexity index is 1180. The largest absolute Gasteiger partial charge is 0.324 e. The summed E-state index contributed by atoms with van der Waals surface area (Å²) in [6, 6.07) is 18.9. The molecule has 28 heavy (non-hydrogen) atoms. The molecule has 0 saturated heterocycles. The fourth-order valence-electron chi connectivity index (χ4n) is 2.96. The Kier molecular flexibility index (Phi) is 4.72. The molecule has 1 N–H and O–H groups in total. The van der Waals surface area contributed by atoms with Crippen molar-refractivity contribution >= 4 is 17.1 Å². The van der Waals surface area contributed by atoms with Crippen LogP contribution in [-0.2, 0) is 17.8 Å². The van der Waals surface area contributed by atoms with Crippen LogP contribution in [0.2, 0.25) is 0 Å². The van der Waals surface area contributed by atoms with Gasteiger partial charge in [-0.05, 0) is 30.2 Å². The predicted molar refractivity (Wildman–Crippen MR) is 107 cm³/mol. The fraction of sp³-hybridized carbons (Fsp3) is 0.143. The molecule has 0 aliphatic rings. The van der Waals surface area contributed by atoms with Crippen LogP contribution in [0, 0.1) is 0 Å². The molecule has 4 aromatic rings. The smallest absolute Gasteiger partial charge is 0.293 e. The lowest BCUT2D eigenvalue weighted by Gasteiger charge is -2.06. The van der Waals surface area contributed by atoms with Crippen LogP contribution in [-0.4, -0.2) is 25.3 Å². The molecule has 140 valence electrons. The van der Waals surface area contributed by atoms with Gasteiger partial charge in [-0.25, -0.2) is 9.20 Å². The third kappa shape index (κ3) is 3.55. The third-order valence-corrected chi connectivity index (χ3v) is 4.50. The van der Waals surface area contributed by atoms with E-state index in [1.807, 2.05) is 42.5 Å². The van der Waals surface area contributed by atoms with Crippen molar-refractivity contribution in [1.82, 2.24) is 19.4 Å². The Labute approximate surface area is 161 Å². The van der Waals surface area contributed by atoms with E-state index in [1.165, 1.54) is 16.4 Å². The Hall–Kier alpha value is -3.74. The van der Waals surface area contributed by atoms with Crippen LogP contribution < -0.4 is 10.9 Å². The third-order valence-electron chi connectivity index (χ3n) is 4.50. The van der Waals surface area contributed by atoms with E-state index < -0.39 is 0 Å². The predicted octanol–water partition coefficient (Wildman–Crippen LogP) is 2.76. The molecule has 2 heterocycles. The second kappa shape index (κ2) is 7.48. The van der Waals surface area contributed by atoms with Gasteiger partial charge in [0.1, 0.15) is 18.4 Å². The molecular formula is C21H19N5O2. The molecule has 0 saturated carbocycles. The summed E-state index contributed by atoms with van der Waals surface area (Å²) in [7, 11) is 0. The number of carbonyl (C=O) groups excluding carboxylic acids is 1. The minimum atomic E-state index is -0.366. The summed E-state index contributed by atoms with van der Waals surface area (Å²) in [5.41, 5.74) is 3.53. The van der Waals surface area contributed by atoms with Crippen molar-refractivity contribution in [1.29, 1.82) is 0 Å². The van der Waals surface area contributed by atoms with Crippen LogP contribution in [0.15, 0.2) is 71.8 Å². The molecular weight excluding hydrogens is 354 g/mol. The van der Waals surface area contributed by atoms with Crippen molar-refractivity contribution in [2.24, 2.45) is 0 Å². The van der Waals surface area contributed by atoms with Gasteiger partial charge in [-0.1, -0.05) is 49.4 Å². The SMILES string of the molecule is CCc1ccc(-c2cc3c(=O)n(CC(=O)Nc4ccccc4)ncn3n2)cc1. The van der Waals surface area contributed by atoms with Crippen molar-refractivity contribution in [3.05, 3.63) is 82.9 Å². The van der Waals surface area contributed by atoms with Crippen LogP contribution in [0.25, 0.3) is 16.8 Å². The molecule has 1 amide bonds. The van der Waals surface area contributed by atoms with E-state index in [4.69, 9.17) is 0 Å². The summed E-state index contributed by atoms with van der Waals surface area (Å²) in [6.45, 7) is 1.93. The van der Waals surface area contributed by atoms with Crippen molar-refractivity contribution < 1.29 is 4.79 Å². The minimum absolute atomic E-state index is 0.171. The lowest BCUT2D eigenvalue weighted by Crippen LogP contribution is -2.30. The first-order valence-corrected chi connectivity index (χ1v) is 9.04. The fourth-order valence-corrected chi connectivity index (χ4v) is 2.96. The maximum atomic E-state index is 12.7. The molecule has 0 radical (unpaired) electrons. The summed E-state index contributed by atoms with van der Waals surface area (Å²) in [6.07, 6.45) is 2.40. The number of anilines is 1. The number of nitrogens with one attached hydrogen (secondary N) is 1. The normalized spacial score (nSPS) is 10.9. The van der Waals surface area contributed by atoms with Gasteiger partial charge in [0.15, 0.2) is 0 Å². The molecule has 2 aromatic carbocycles. The van der Waals surface area contributed by atoms with Gasteiger partial charge in [0, 0.05) is 11.3 Å². The first-order chi connectivity index (χ1) is 13.6. The number of aryl methyl sites for hydroxylation is 1.